The topological polar surface area (TPSA) is 129 Å². The zero-order valence-corrected chi connectivity index (χ0v) is 17.1. The van der Waals surface area contributed by atoms with Crippen molar-refractivity contribution in [3.63, 3.8) is 0 Å². The number of benzene rings is 1. The van der Waals surface area contributed by atoms with Gasteiger partial charge in [-0.05, 0) is 30.9 Å². The van der Waals surface area contributed by atoms with Crippen molar-refractivity contribution in [3.8, 4) is 22.7 Å². The Labute approximate surface area is 179 Å². The van der Waals surface area contributed by atoms with E-state index < -0.39 is 0 Å². The summed E-state index contributed by atoms with van der Waals surface area (Å²) in [6, 6.07) is 8.37. The van der Waals surface area contributed by atoms with E-state index in [4.69, 9.17) is 10.3 Å². The van der Waals surface area contributed by atoms with Crippen LogP contribution in [0.1, 0.15) is 37.6 Å². The molecule has 3 heterocycles. The van der Waals surface area contributed by atoms with Gasteiger partial charge in [0.2, 0.25) is 5.95 Å². The van der Waals surface area contributed by atoms with Crippen LogP contribution in [-0.2, 0) is 5.41 Å². The van der Waals surface area contributed by atoms with Crippen molar-refractivity contribution in [2.24, 2.45) is 0 Å². The van der Waals surface area contributed by atoms with Crippen LogP contribution in [0.15, 0.2) is 53.6 Å². The van der Waals surface area contributed by atoms with Crippen LogP contribution in [0.4, 0.5) is 11.8 Å². The molecule has 9 heteroatoms. The summed E-state index contributed by atoms with van der Waals surface area (Å²) in [6.07, 6.45) is 9.83. The average Bonchev–Trinajstić information content (AvgIpc) is 3.25. The minimum atomic E-state index is -0.241. The summed E-state index contributed by atoms with van der Waals surface area (Å²) >= 11 is 0. The van der Waals surface area contributed by atoms with Gasteiger partial charge in [0.1, 0.15) is 11.5 Å². The SMILES string of the molecule is CCNc1cnc(-c2nc(C3(c4ccc(-c5cnc(N)nc5)cc4)CCC3)no2)cn1. The number of nitrogen functional groups attached to an aromatic ring is 1. The van der Waals surface area contributed by atoms with Crippen LogP contribution in [0, 0.1) is 0 Å². The number of hydrogen-bond donors (Lipinski definition) is 2. The molecule has 0 unspecified atom stereocenters. The zero-order chi connectivity index (χ0) is 21.3. The molecule has 0 saturated heterocycles. The van der Waals surface area contributed by atoms with Gasteiger partial charge in [0.15, 0.2) is 5.82 Å². The van der Waals surface area contributed by atoms with E-state index in [-0.39, 0.29) is 11.4 Å². The molecule has 1 saturated carbocycles. The maximum absolute atomic E-state index is 5.58. The van der Waals surface area contributed by atoms with Gasteiger partial charge in [-0.2, -0.15) is 4.98 Å². The fourth-order valence-electron chi connectivity index (χ4n) is 3.87. The maximum atomic E-state index is 5.58. The van der Waals surface area contributed by atoms with Gasteiger partial charge in [-0.1, -0.05) is 35.8 Å². The van der Waals surface area contributed by atoms with Crippen molar-refractivity contribution in [2.75, 3.05) is 17.6 Å². The molecule has 4 aromatic rings. The van der Waals surface area contributed by atoms with Gasteiger partial charge in [-0.3, -0.25) is 0 Å². The van der Waals surface area contributed by atoms with Gasteiger partial charge in [-0.25, -0.2) is 19.9 Å². The van der Waals surface area contributed by atoms with E-state index >= 15 is 0 Å². The quantitative estimate of drug-likeness (QED) is 0.487. The minimum Gasteiger partial charge on any atom is -0.369 e. The fourth-order valence-corrected chi connectivity index (χ4v) is 3.87. The first kappa shape index (κ1) is 19.1. The highest BCUT2D eigenvalue weighted by Crippen LogP contribution is 2.48. The molecule has 0 atom stereocenters. The Morgan fingerprint density at radius 1 is 0.968 bits per heavy atom. The molecule has 1 fully saturated rings. The molecule has 1 aliphatic carbocycles. The third-order valence-corrected chi connectivity index (χ3v) is 5.73. The second-order valence-corrected chi connectivity index (χ2v) is 7.58. The Kier molecular flexibility index (Phi) is 4.78. The second-order valence-electron chi connectivity index (χ2n) is 7.58. The Bertz CT molecular complexity index is 1170. The Morgan fingerprint density at radius 3 is 2.35 bits per heavy atom. The van der Waals surface area contributed by atoms with Crippen LogP contribution in [0.3, 0.4) is 0 Å². The molecule has 1 aromatic carbocycles. The molecule has 0 aliphatic heterocycles. The van der Waals surface area contributed by atoms with E-state index in [1.54, 1.807) is 24.8 Å². The third-order valence-electron chi connectivity index (χ3n) is 5.73. The summed E-state index contributed by atoms with van der Waals surface area (Å²) < 4.78 is 5.55. The first-order valence-corrected chi connectivity index (χ1v) is 10.3. The predicted octanol–water partition coefficient (Wildman–Crippen LogP) is 3.47. The zero-order valence-electron chi connectivity index (χ0n) is 17.1. The second kappa shape index (κ2) is 7.75. The molecule has 1 aliphatic rings. The molecule has 9 nitrogen and oxygen atoms in total. The van der Waals surface area contributed by atoms with Crippen molar-refractivity contribution in [1.82, 2.24) is 30.1 Å². The normalized spacial score (nSPS) is 14.7. The van der Waals surface area contributed by atoms with Crippen molar-refractivity contribution in [2.45, 2.75) is 31.6 Å². The molecule has 0 amide bonds. The highest BCUT2D eigenvalue weighted by Gasteiger charge is 2.44. The van der Waals surface area contributed by atoms with Crippen LogP contribution < -0.4 is 11.1 Å². The molecule has 0 bridgehead atoms. The molecule has 0 radical (unpaired) electrons. The summed E-state index contributed by atoms with van der Waals surface area (Å²) in [5, 5.41) is 7.43. The van der Waals surface area contributed by atoms with Gasteiger partial charge < -0.3 is 15.6 Å². The number of nitrogens with zero attached hydrogens (tertiary/aromatic N) is 6. The van der Waals surface area contributed by atoms with Crippen LogP contribution in [0.25, 0.3) is 22.7 Å². The monoisotopic (exact) mass is 414 g/mol. The van der Waals surface area contributed by atoms with E-state index in [1.807, 2.05) is 6.92 Å². The fraction of sp³-hybridized carbons (Fsp3) is 0.273. The van der Waals surface area contributed by atoms with Crippen molar-refractivity contribution in [3.05, 3.63) is 60.4 Å². The van der Waals surface area contributed by atoms with Gasteiger partial charge >= 0.3 is 0 Å². The first-order chi connectivity index (χ1) is 15.2. The van der Waals surface area contributed by atoms with Gasteiger partial charge in [0.05, 0.1) is 17.8 Å². The smallest absolute Gasteiger partial charge is 0.278 e. The van der Waals surface area contributed by atoms with Gasteiger partial charge in [-0.15, -0.1) is 0 Å². The highest BCUT2D eigenvalue weighted by atomic mass is 16.5. The highest BCUT2D eigenvalue weighted by molar-refractivity contribution is 5.63. The maximum Gasteiger partial charge on any atom is 0.278 e. The van der Waals surface area contributed by atoms with E-state index in [9.17, 15) is 0 Å². The largest absolute Gasteiger partial charge is 0.369 e. The Balaban J connectivity index is 1.42. The summed E-state index contributed by atoms with van der Waals surface area (Å²) in [5.74, 6) is 2.05. The van der Waals surface area contributed by atoms with Crippen LogP contribution in [0.2, 0.25) is 0 Å². The lowest BCUT2D eigenvalue weighted by Gasteiger charge is -2.39. The molecule has 31 heavy (non-hydrogen) atoms. The molecule has 3 N–H and O–H groups in total. The van der Waals surface area contributed by atoms with E-state index in [0.29, 0.717) is 23.2 Å². The number of nitrogens with one attached hydrogen (secondary N) is 1. The molecule has 156 valence electrons. The number of hydrogen-bond acceptors (Lipinski definition) is 9. The summed E-state index contributed by atoms with van der Waals surface area (Å²) in [6.45, 7) is 2.79. The Morgan fingerprint density at radius 2 is 1.74 bits per heavy atom. The molecule has 3 aromatic heterocycles. The molecular weight excluding hydrogens is 392 g/mol. The summed E-state index contributed by atoms with van der Waals surface area (Å²) in [5.41, 5.74) is 9.03. The van der Waals surface area contributed by atoms with Gasteiger partial charge in [0, 0.05) is 24.5 Å². The standard InChI is InChI=1S/C22H22N8O/c1-2-24-18-13-25-17(12-26-18)19-29-20(30-31-19)22(8-3-9-22)16-6-4-14(5-7-16)15-10-27-21(23)28-11-15/h4-7,10-13H,2-3,8-9H2,1H3,(H,24,26)(H2,23,27,28). The summed E-state index contributed by atoms with van der Waals surface area (Å²) in [4.78, 5) is 21.5. The average molecular weight is 414 g/mol. The van der Waals surface area contributed by atoms with E-state index in [2.05, 4.69) is 59.7 Å². The predicted molar refractivity (Wildman–Crippen MR) is 116 cm³/mol. The lowest BCUT2D eigenvalue weighted by molar-refractivity contribution is 0.273. The number of nitrogens with two attached hydrogens (primary N) is 1. The van der Waals surface area contributed by atoms with Crippen molar-refractivity contribution >= 4 is 11.8 Å². The van der Waals surface area contributed by atoms with E-state index in [0.717, 1.165) is 36.9 Å². The van der Waals surface area contributed by atoms with Gasteiger partial charge in [0.25, 0.3) is 5.89 Å². The lowest BCUT2D eigenvalue weighted by Crippen LogP contribution is -2.36. The minimum absolute atomic E-state index is 0.241. The lowest BCUT2D eigenvalue weighted by atomic mass is 9.64. The van der Waals surface area contributed by atoms with Crippen LogP contribution in [-0.4, -0.2) is 36.6 Å². The van der Waals surface area contributed by atoms with Crippen molar-refractivity contribution in [1.29, 1.82) is 0 Å². The molecule has 5 rings (SSSR count). The number of rotatable bonds is 6. The van der Waals surface area contributed by atoms with Crippen LogP contribution in [0.5, 0.6) is 0 Å². The van der Waals surface area contributed by atoms with Crippen molar-refractivity contribution < 1.29 is 4.52 Å². The number of anilines is 2. The van der Waals surface area contributed by atoms with Crippen LogP contribution >= 0.6 is 0 Å². The first-order valence-electron chi connectivity index (χ1n) is 10.3. The Hall–Kier alpha value is -3.88. The van der Waals surface area contributed by atoms with E-state index in [1.165, 1.54) is 5.56 Å². The molecular formula is C22H22N8O. The third kappa shape index (κ3) is 3.48. The summed E-state index contributed by atoms with van der Waals surface area (Å²) in [7, 11) is 0. The number of aromatic nitrogens is 6. The molecule has 0 spiro atoms.